The van der Waals surface area contributed by atoms with Crippen LogP contribution in [0.1, 0.15) is 47.7 Å². The number of carbonyl (C=O) groups excluding carboxylic acids is 1. The van der Waals surface area contributed by atoms with Crippen LogP contribution in [0.4, 0.5) is 0 Å². The molecule has 1 heterocycles. The molecule has 2 aromatic carbocycles. The number of benzene rings is 2. The Bertz CT molecular complexity index is 671. The second-order valence-electron chi connectivity index (χ2n) is 5.58. The average Bonchev–Trinajstić information content (AvgIpc) is 2.46. The average molecular weight is 268 g/mol. The molecule has 2 heteroatoms. The molecule has 0 bridgehead atoms. The SMILES string of the molecule is CCCCCc1ccc2c3c(c(C)ccc13)OCC2=O. The molecule has 0 fully saturated rings. The molecule has 2 nitrogen and oxygen atoms in total. The fourth-order valence-electron chi connectivity index (χ4n) is 3.00. The van der Waals surface area contributed by atoms with E-state index < -0.39 is 0 Å². The quantitative estimate of drug-likeness (QED) is 0.765. The Kier molecular flexibility index (Phi) is 3.47. The first-order chi connectivity index (χ1) is 9.72. The normalized spacial score (nSPS) is 13.6. The predicted molar refractivity (Wildman–Crippen MR) is 81.7 cm³/mol. The van der Waals surface area contributed by atoms with Crippen LogP contribution >= 0.6 is 0 Å². The smallest absolute Gasteiger partial charge is 0.200 e. The topological polar surface area (TPSA) is 26.3 Å². The van der Waals surface area contributed by atoms with Gasteiger partial charge in [-0.2, -0.15) is 0 Å². The van der Waals surface area contributed by atoms with Crippen LogP contribution in [0.5, 0.6) is 5.75 Å². The summed E-state index contributed by atoms with van der Waals surface area (Å²) in [4.78, 5) is 12.0. The molecule has 0 radical (unpaired) electrons. The lowest BCUT2D eigenvalue weighted by Crippen LogP contribution is -2.18. The highest BCUT2D eigenvalue weighted by atomic mass is 16.5. The molecular formula is C18H20O2. The molecule has 0 saturated heterocycles. The highest BCUT2D eigenvalue weighted by Gasteiger charge is 2.22. The van der Waals surface area contributed by atoms with Gasteiger partial charge in [0.05, 0.1) is 0 Å². The zero-order valence-corrected chi connectivity index (χ0v) is 12.2. The van der Waals surface area contributed by atoms with Gasteiger partial charge >= 0.3 is 0 Å². The number of hydrogen-bond acceptors (Lipinski definition) is 2. The van der Waals surface area contributed by atoms with Gasteiger partial charge in [-0.3, -0.25) is 4.79 Å². The van der Waals surface area contributed by atoms with Crippen LogP contribution in [0.25, 0.3) is 10.8 Å². The molecule has 0 N–H and O–H groups in total. The minimum Gasteiger partial charge on any atom is -0.484 e. The molecule has 1 aliphatic rings. The van der Waals surface area contributed by atoms with Crippen LogP contribution in [0.2, 0.25) is 0 Å². The maximum atomic E-state index is 12.0. The van der Waals surface area contributed by atoms with Crippen molar-refractivity contribution in [2.24, 2.45) is 0 Å². The van der Waals surface area contributed by atoms with Crippen LogP contribution < -0.4 is 4.74 Å². The van der Waals surface area contributed by atoms with Crippen LogP contribution in [-0.2, 0) is 6.42 Å². The fourth-order valence-corrected chi connectivity index (χ4v) is 3.00. The van der Waals surface area contributed by atoms with Crippen molar-refractivity contribution >= 4 is 16.6 Å². The monoisotopic (exact) mass is 268 g/mol. The highest BCUT2D eigenvalue weighted by Crippen LogP contribution is 2.37. The number of rotatable bonds is 4. The van der Waals surface area contributed by atoms with E-state index in [-0.39, 0.29) is 12.4 Å². The number of unbranched alkanes of at least 4 members (excludes halogenated alkanes) is 2. The van der Waals surface area contributed by atoms with Crippen molar-refractivity contribution in [2.45, 2.75) is 39.5 Å². The van der Waals surface area contributed by atoms with Gasteiger partial charge in [0.1, 0.15) is 5.75 Å². The van der Waals surface area contributed by atoms with Gasteiger partial charge in [0.15, 0.2) is 6.61 Å². The minimum atomic E-state index is 0.0909. The number of hydrogen-bond donors (Lipinski definition) is 0. The van der Waals surface area contributed by atoms with Crippen molar-refractivity contribution in [1.82, 2.24) is 0 Å². The van der Waals surface area contributed by atoms with Crippen LogP contribution in [0, 0.1) is 6.92 Å². The van der Waals surface area contributed by atoms with Crippen molar-refractivity contribution in [2.75, 3.05) is 6.61 Å². The number of carbonyl (C=O) groups is 1. The summed E-state index contributed by atoms with van der Waals surface area (Å²) in [6, 6.07) is 8.34. The van der Waals surface area contributed by atoms with E-state index in [0.29, 0.717) is 0 Å². The maximum absolute atomic E-state index is 12.0. The van der Waals surface area contributed by atoms with Gasteiger partial charge < -0.3 is 4.74 Å². The number of aryl methyl sites for hydroxylation is 2. The summed E-state index contributed by atoms with van der Waals surface area (Å²) in [7, 11) is 0. The maximum Gasteiger partial charge on any atom is 0.200 e. The van der Waals surface area contributed by atoms with Gasteiger partial charge in [0, 0.05) is 10.9 Å². The standard InChI is InChI=1S/C18H20O2/c1-3-4-5-6-13-8-10-15-16(19)11-20-18-12(2)7-9-14(13)17(15)18/h7-10H,3-6,11H2,1-2H3. The summed E-state index contributed by atoms with van der Waals surface area (Å²) >= 11 is 0. The lowest BCUT2D eigenvalue weighted by atomic mass is 9.91. The number of ketones is 1. The molecule has 1 aliphatic heterocycles. The van der Waals surface area contributed by atoms with Crippen molar-refractivity contribution in [1.29, 1.82) is 0 Å². The van der Waals surface area contributed by atoms with Gasteiger partial charge in [0.25, 0.3) is 0 Å². The third-order valence-corrected chi connectivity index (χ3v) is 4.12. The van der Waals surface area contributed by atoms with Gasteiger partial charge in [-0.05, 0) is 36.3 Å². The van der Waals surface area contributed by atoms with Crippen LogP contribution in [-0.4, -0.2) is 12.4 Å². The predicted octanol–water partition coefficient (Wildman–Crippen LogP) is 4.46. The van der Waals surface area contributed by atoms with E-state index in [4.69, 9.17) is 4.74 Å². The molecule has 2 aromatic rings. The Morgan fingerprint density at radius 2 is 2.00 bits per heavy atom. The highest BCUT2D eigenvalue weighted by molar-refractivity contribution is 6.13. The van der Waals surface area contributed by atoms with E-state index >= 15 is 0 Å². The van der Waals surface area contributed by atoms with E-state index in [9.17, 15) is 4.79 Å². The van der Waals surface area contributed by atoms with Gasteiger partial charge in [-0.1, -0.05) is 44.0 Å². The first-order valence-electron chi connectivity index (χ1n) is 7.43. The second-order valence-corrected chi connectivity index (χ2v) is 5.58. The first kappa shape index (κ1) is 13.2. The Hall–Kier alpha value is -1.83. The van der Waals surface area contributed by atoms with E-state index in [1.807, 2.05) is 13.0 Å². The molecule has 0 amide bonds. The Balaban J connectivity index is 2.15. The summed E-state index contributed by atoms with van der Waals surface area (Å²) in [6.07, 6.45) is 4.74. The summed E-state index contributed by atoms with van der Waals surface area (Å²) < 4.78 is 5.67. The Morgan fingerprint density at radius 1 is 1.15 bits per heavy atom. The third kappa shape index (κ3) is 2.09. The van der Waals surface area contributed by atoms with E-state index in [0.717, 1.165) is 28.7 Å². The summed E-state index contributed by atoms with van der Waals surface area (Å²) in [6.45, 7) is 4.42. The molecule has 0 unspecified atom stereocenters. The molecule has 3 rings (SSSR count). The molecule has 0 spiro atoms. The molecule has 104 valence electrons. The van der Waals surface area contributed by atoms with Crippen molar-refractivity contribution in [3.8, 4) is 5.75 Å². The summed E-state index contributed by atoms with van der Waals surface area (Å²) in [5, 5.41) is 2.21. The molecular weight excluding hydrogens is 248 g/mol. The summed E-state index contributed by atoms with van der Waals surface area (Å²) in [5.41, 5.74) is 3.26. The lowest BCUT2D eigenvalue weighted by molar-refractivity contribution is 0.0914. The first-order valence-corrected chi connectivity index (χ1v) is 7.43. The largest absolute Gasteiger partial charge is 0.484 e. The van der Waals surface area contributed by atoms with Gasteiger partial charge in [-0.25, -0.2) is 0 Å². The minimum absolute atomic E-state index is 0.0909. The third-order valence-electron chi connectivity index (χ3n) is 4.12. The molecule has 0 aromatic heterocycles. The Labute approximate surface area is 119 Å². The Morgan fingerprint density at radius 3 is 2.80 bits per heavy atom. The van der Waals surface area contributed by atoms with Crippen molar-refractivity contribution in [3.63, 3.8) is 0 Å². The van der Waals surface area contributed by atoms with Crippen molar-refractivity contribution in [3.05, 3.63) is 41.0 Å². The van der Waals surface area contributed by atoms with Crippen LogP contribution in [0.15, 0.2) is 24.3 Å². The van der Waals surface area contributed by atoms with Gasteiger partial charge in [0.2, 0.25) is 5.78 Å². The molecule has 0 saturated carbocycles. The van der Waals surface area contributed by atoms with Gasteiger partial charge in [-0.15, -0.1) is 0 Å². The van der Waals surface area contributed by atoms with E-state index in [1.165, 1.54) is 30.2 Å². The van der Waals surface area contributed by atoms with Crippen molar-refractivity contribution < 1.29 is 9.53 Å². The fraction of sp³-hybridized carbons (Fsp3) is 0.389. The second kappa shape index (κ2) is 5.28. The number of ether oxygens (including phenoxy) is 1. The van der Waals surface area contributed by atoms with E-state index in [2.05, 4.69) is 25.1 Å². The zero-order chi connectivity index (χ0) is 14.1. The molecule has 0 aliphatic carbocycles. The van der Waals surface area contributed by atoms with E-state index in [1.54, 1.807) is 0 Å². The number of Topliss-reactive ketones (excluding diaryl/α,β-unsaturated/α-hetero) is 1. The van der Waals surface area contributed by atoms with Crippen LogP contribution in [0.3, 0.4) is 0 Å². The molecule has 20 heavy (non-hydrogen) atoms. The molecule has 0 atom stereocenters. The zero-order valence-electron chi connectivity index (χ0n) is 12.2. The summed E-state index contributed by atoms with van der Waals surface area (Å²) in [5.74, 6) is 0.989. The lowest BCUT2D eigenvalue weighted by Gasteiger charge is -2.21.